The Kier molecular flexibility index (Phi) is 7.34. The van der Waals surface area contributed by atoms with E-state index in [2.05, 4.69) is 19.2 Å². The van der Waals surface area contributed by atoms with Crippen molar-refractivity contribution in [1.82, 2.24) is 5.32 Å². The molecule has 3 N–H and O–H groups in total. The van der Waals surface area contributed by atoms with Crippen molar-refractivity contribution in [2.24, 2.45) is 11.8 Å². The lowest BCUT2D eigenvalue weighted by atomic mass is 9.94. The number of aliphatic carboxylic acids is 1. The molecule has 1 unspecified atom stereocenters. The third-order valence-corrected chi connectivity index (χ3v) is 2.30. The molecule has 0 heterocycles. The summed E-state index contributed by atoms with van der Waals surface area (Å²) in [7, 11) is 0. The van der Waals surface area contributed by atoms with Crippen LogP contribution < -0.4 is 5.32 Å². The van der Waals surface area contributed by atoms with Crippen molar-refractivity contribution in [3.05, 3.63) is 0 Å². The van der Waals surface area contributed by atoms with E-state index in [-0.39, 0.29) is 12.3 Å². The molecule has 90 valence electrons. The molecule has 0 saturated carbocycles. The topological polar surface area (TPSA) is 69.6 Å². The number of carboxylic acid groups (broad SMARTS) is 1. The number of aliphatic hydroxyl groups is 1. The Morgan fingerprint density at radius 2 is 2.00 bits per heavy atom. The van der Waals surface area contributed by atoms with E-state index in [1.165, 1.54) is 0 Å². The van der Waals surface area contributed by atoms with Gasteiger partial charge in [-0.1, -0.05) is 20.8 Å². The van der Waals surface area contributed by atoms with Crippen LogP contribution >= 0.6 is 0 Å². The molecule has 0 aliphatic rings. The molecule has 2 atom stereocenters. The first-order valence-electron chi connectivity index (χ1n) is 5.58. The summed E-state index contributed by atoms with van der Waals surface area (Å²) in [4.78, 5) is 10.6. The van der Waals surface area contributed by atoms with Gasteiger partial charge in [0.15, 0.2) is 0 Å². The van der Waals surface area contributed by atoms with E-state index in [0.29, 0.717) is 18.9 Å². The van der Waals surface area contributed by atoms with Gasteiger partial charge in [0.25, 0.3) is 0 Å². The van der Waals surface area contributed by atoms with Crippen molar-refractivity contribution in [2.75, 3.05) is 6.54 Å². The molecule has 15 heavy (non-hydrogen) atoms. The maximum atomic E-state index is 10.6. The third-order valence-electron chi connectivity index (χ3n) is 2.30. The first kappa shape index (κ1) is 14.4. The quantitative estimate of drug-likeness (QED) is 0.538. The third kappa shape index (κ3) is 8.39. The van der Waals surface area contributed by atoms with Crippen LogP contribution in [0, 0.1) is 11.8 Å². The van der Waals surface area contributed by atoms with E-state index in [1.54, 1.807) is 0 Å². The number of hydrogen-bond donors (Lipinski definition) is 3. The number of hydrogen-bond acceptors (Lipinski definition) is 3. The Bertz CT molecular complexity index is 183. The van der Waals surface area contributed by atoms with Crippen molar-refractivity contribution in [1.29, 1.82) is 0 Å². The largest absolute Gasteiger partial charge is 0.481 e. The summed E-state index contributed by atoms with van der Waals surface area (Å²) < 4.78 is 0. The van der Waals surface area contributed by atoms with Crippen LogP contribution in [0.15, 0.2) is 0 Å². The number of nitrogens with one attached hydrogen (secondary N) is 1. The summed E-state index contributed by atoms with van der Waals surface area (Å²) in [6.07, 6.45) is 1.16. The van der Waals surface area contributed by atoms with Gasteiger partial charge in [-0.25, -0.2) is 0 Å². The average Bonchev–Trinajstić information content (AvgIpc) is 2.11. The molecular weight excluding hydrogens is 194 g/mol. The highest BCUT2D eigenvalue weighted by Crippen LogP contribution is 2.14. The standard InChI is InChI=1S/C11H23NO3/c1-4-10(13)12-7-9(5-8(2)3)6-11(14)15/h8-10,12-13H,4-7H2,1-3H3,(H,14,15)/t9-,10?/m0/s1. The molecule has 0 rings (SSSR count). The van der Waals surface area contributed by atoms with Crippen LogP contribution in [-0.2, 0) is 4.79 Å². The SMILES string of the molecule is CCC(O)NC[C@H](CC(=O)O)CC(C)C. The molecule has 0 aromatic heterocycles. The van der Waals surface area contributed by atoms with Crippen molar-refractivity contribution in [3.63, 3.8) is 0 Å². The fourth-order valence-electron chi connectivity index (χ4n) is 1.60. The predicted octanol–water partition coefficient (Wildman–Crippen LogP) is 1.44. The monoisotopic (exact) mass is 217 g/mol. The van der Waals surface area contributed by atoms with E-state index in [0.717, 1.165) is 6.42 Å². The molecule has 0 aliphatic carbocycles. The molecule has 0 aromatic rings. The van der Waals surface area contributed by atoms with Gasteiger partial charge in [-0.3, -0.25) is 10.1 Å². The van der Waals surface area contributed by atoms with Crippen molar-refractivity contribution in [2.45, 2.75) is 46.3 Å². The lowest BCUT2D eigenvalue weighted by Crippen LogP contribution is -2.33. The maximum absolute atomic E-state index is 10.6. The lowest BCUT2D eigenvalue weighted by Gasteiger charge is -2.19. The number of carbonyl (C=O) groups is 1. The summed E-state index contributed by atoms with van der Waals surface area (Å²) in [6, 6.07) is 0. The summed E-state index contributed by atoms with van der Waals surface area (Å²) in [5.74, 6) is -0.188. The molecular formula is C11H23NO3. The van der Waals surface area contributed by atoms with Crippen LogP contribution in [-0.4, -0.2) is 29.0 Å². The van der Waals surface area contributed by atoms with Crippen LogP contribution in [0.2, 0.25) is 0 Å². The summed E-state index contributed by atoms with van der Waals surface area (Å²) in [6.45, 7) is 6.60. The predicted molar refractivity (Wildman–Crippen MR) is 59.5 cm³/mol. The minimum Gasteiger partial charge on any atom is -0.481 e. The van der Waals surface area contributed by atoms with Gasteiger partial charge >= 0.3 is 5.97 Å². The summed E-state index contributed by atoms with van der Waals surface area (Å²) in [5.41, 5.74) is 0. The zero-order chi connectivity index (χ0) is 11.8. The Balaban J connectivity index is 3.94. The molecule has 0 spiro atoms. The molecule has 0 fully saturated rings. The number of rotatable bonds is 8. The normalized spacial score (nSPS) is 15.3. The van der Waals surface area contributed by atoms with Gasteiger partial charge in [0.05, 0.1) is 0 Å². The highest BCUT2D eigenvalue weighted by molar-refractivity contribution is 5.67. The van der Waals surface area contributed by atoms with E-state index in [9.17, 15) is 9.90 Å². The van der Waals surface area contributed by atoms with Gasteiger partial charge in [-0.05, 0) is 24.7 Å². The highest BCUT2D eigenvalue weighted by atomic mass is 16.4. The molecule has 0 amide bonds. The minimum atomic E-state index is -0.770. The van der Waals surface area contributed by atoms with E-state index >= 15 is 0 Å². The Labute approximate surface area is 91.7 Å². The van der Waals surface area contributed by atoms with E-state index in [4.69, 9.17) is 5.11 Å². The van der Waals surface area contributed by atoms with Crippen LogP contribution in [0.4, 0.5) is 0 Å². The first-order valence-corrected chi connectivity index (χ1v) is 5.58. The number of aliphatic hydroxyl groups excluding tert-OH is 1. The molecule has 0 bridgehead atoms. The van der Waals surface area contributed by atoms with E-state index < -0.39 is 12.2 Å². The van der Waals surface area contributed by atoms with Gasteiger partial charge in [0, 0.05) is 13.0 Å². The molecule has 0 radical (unpaired) electrons. The lowest BCUT2D eigenvalue weighted by molar-refractivity contribution is -0.138. The van der Waals surface area contributed by atoms with Gasteiger partial charge in [-0.15, -0.1) is 0 Å². The van der Waals surface area contributed by atoms with Gasteiger partial charge in [0.1, 0.15) is 6.23 Å². The van der Waals surface area contributed by atoms with Crippen LogP contribution in [0.1, 0.15) is 40.0 Å². The second-order valence-corrected chi connectivity index (χ2v) is 4.43. The van der Waals surface area contributed by atoms with Crippen LogP contribution in [0.25, 0.3) is 0 Å². The van der Waals surface area contributed by atoms with Crippen LogP contribution in [0.3, 0.4) is 0 Å². The minimum absolute atomic E-state index is 0.101. The van der Waals surface area contributed by atoms with Gasteiger partial charge < -0.3 is 10.2 Å². The number of carboxylic acids is 1. The fourth-order valence-corrected chi connectivity index (χ4v) is 1.60. The van der Waals surface area contributed by atoms with Gasteiger partial charge in [0.2, 0.25) is 0 Å². The smallest absolute Gasteiger partial charge is 0.303 e. The van der Waals surface area contributed by atoms with E-state index in [1.807, 2.05) is 6.92 Å². The zero-order valence-electron chi connectivity index (χ0n) is 9.86. The molecule has 0 saturated heterocycles. The van der Waals surface area contributed by atoms with Crippen molar-refractivity contribution >= 4 is 5.97 Å². The van der Waals surface area contributed by atoms with Crippen molar-refractivity contribution < 1.29 is 15.0 Å². The molecule has 4 heteroatoms. The maximum Gasteiger partial charge on any atom is 0.303 e. The second kappa shape index (κ2) is 7.65. The summed E-state index contributed by atoms with van der Waals surface area (Å²) >= 11 is 0. The van der Waals surface area contributed by atoms with Crippen molar-refractivity contribution in [3.8, 4) is 0 Å². The summed E-state index contributed by atoms with van der Waals surface area (Å²) in [5, 5.41) is 21.0. The average molecular weight is 217 g/mol. The second-order valence-electron chi connectivity index (χ2n) is 4.43. The molecule has 4 nitrogen and oxygen atoms in total. The highest BCUT2D eigenvalue weighted by Gasteiger charge is 2.15. The first-order chi connectivity index (χ1) is 6.95. The van der Waals surface area contributed by atoms with Gasteiger partial charge in [-0.2, -0.15) is 0 Å². The Morgan fingerprint density at radius 1 is 1.40 bits per heavy atom. The Morgan fingerprint density at radius 3 is 2.40 bits per heavy atom. The molecule has 0 aromatic carbocycles. The Hall–Kier alpha value is -0.610. The van der Waals surface area contributed by atoms with Crippen LogP contribution in [0.5, 0.6) is 0 Å². The zero-order valence-corrected chi connectivity index (χ0v) is 9.86. The fraction of sp³-hybridized carbons (Fsp3) is 0.909. The molecule has 0 aliphatic heterocycles.